The number of hydrogen-bond donors (Lipinski definition) is 2. The van der Waals surface area contributed by atoms with Crippen molar-refractivity contribution in [3.8, 4) is 0 Å². The Balaban J connectivity index is 0.000000117. The molecule has 19 heavy (non-hydrogen) atoms. The number of fused-ring (bicyclic) bond motifs is 2. The quantitative estimate of drug-likeness (QED) is 0.643. The van der Waals surface area contributed by atoms with Crippen LogP contribution in [0.15, 0.2) is 60.9 Å². The highest BCUT2D eigenvalue weighted by Gasteiger charge is 2.06. The molecule has 0 spiro atoms. The first-order chi connectivity index (χ1) is 9.43. The van der Waals surface area contributed by atoms with Crippen molar-refractivity contribution in [2.45, 2.75) is 0 Å². The Morgan fingerprint density at radius 2 is 1.58 bits per heavy atom. The van der Waals surface area contributed by atoms with Crippen LogP contribution in [0.3, 0.4) is 0 Å². The van der Waals surface area contributed by atoms with E-state index >= 15 is 0 Å². The van der Waals surface area contributed by atoms with Crippen molar-refractivity contribution in [1.29, 1.82) is 0 Å². The maximum atomic E-state index is 4.18. The topological polar surface area (TPSA) is 49.8 Å². The summed E-state index contributed by atoms with van der Waals surface area (Å²) in [5.41, 5.74) is 2.16. The molecule has 4 heteroatoms. The Morgan fingerprint density at radius 3 is 2.47 bits per heavy atom. The SMILES string of the molecule is c1ccc2ncccc2c1.c1cnc2c(c1)NCN2. The van der Waals surface area contributed by atoms with E-state index in [1.54, 1.807) is 6.20 Å². The van der Waals surface area contributed by atoms with Crippen LogP contribution in [-0.2, 0) is 0 Å². The highest BCUT2D eigenvalue weighted by molar-refractivity contribution is 5.77. The fraction of sp³-hybridized carbons (Fsp3) is 0.0667. The monoisotopic (exact) mass is 250 g/mol. The minimum absolute atomic E-state index is 0.798. The molecule has 4 nitrogen and oxygen atoms in total. The van der Waals surface area contributed by atoms with E-state index in [-0.39, 0.29) is 0 Å². The van der Waals surface area contributed by atoms with Crippen molar-refractivity contribution < 1.29 is 0 Å². The first kappa shape index (κ1) is 11.5. The van der Waals surface area contributed by atoms with E-state index < -0.39 is 0 Å². The fourth-order valence-electron chi connectivity index (χ4n) is 1.93. The van der Waals surface area contributed by atoms with Crippen LogP contribution in [0, 0.1) is 0 Å². The Bertz CT molecular complexity index is 593. The van der Waals surface area contributed by atoms with E-state index in [0.29, 0.717) is 0 Å². The third-order valence-corrected chi connectivity index (χ3v) is 2.85. The molecule has 0 fully saturated rings. The van der Waals surface area contributed by atoms with Gasteiger partial charge < -0.3 is 10.6 Å². The van der Waals surface area contributed by atoms with Crippen molar-refractivity contribution in [1.82, 2.24) is 9.97 Å². The lowest BCUT2D eigenvalue weighted by Gasteiger charge is -1.92. The van der Waals surface area contributed by atoms with E-state index in [2.05, 4.69) is 32.7 Å². The number of hydrogen-bond acceptors (Lipinski definition) is 4. The smallest absolute Gasteiger partial charge is 0.150 e. The van der Waals surface area contributed by atoms with E-state index in [1.807, 2.05) is 42.6 Å². The largest absolute Gasteiger partial charge is 0.365 e. The summed E-state index contributed by atoms with van der Waals surface area (Å²) in [4.78, 5) is 8.27. The molecule has 0 bridgehead atoms. The Morgan fingerprint density at radius 1 is 0.789 bits per heavy atom. The van der Waals surface area contributed by atoms with Crippen LogP contribution in [0.1, 0.15) is 0 Å². The zero-order chi connectivity index (χ0) is 12.9. The molecule has 4 rings (SSSR count). The molecular weight excluding hydrogens is 236 g/mol. The Kier molecular flexibility index (Phi) is 3.23. The Labute approximate surface area is 111 Å². The molecule has 2 N–H and O–H groups in total. The summed E-state index contributed by atoms with van der Waals surface area (Å²) in [6.07, 6.45) is 3.58. The van der Waals surface area contributed by atoms with Gasteiger partial charge in [0, 0.05) is 17.8 Å². The second-order valence-corrected chi connectivity index (χ2v) is 4.13. The summed E-state index contributed by atoms with van der Waals surface area (Å²) in [5.74, 6) is 0.956. The molecule has 0 unspecified atom stereocenters. The number of pyridine rings is 2. The molecule has 1 aliphatic heterocycles. The van der Waals surface area contributed by atoms with Gasteiger partial charge in [0.15, 0.2) is 5.82 Å². The summed E-state index contributed by atoms with van der Waals surface area (Å²) in [6, 6.07) is 16.0. The molecule has 3 aromatic rings. The fourth-order valence-corrected chi connectivity index (χ4v) is 1.93. The molecule has 0 radical (unpaired) electrons. The molecule has 0 saturated heterocycles. The normalized spacial score (nSPS) is 11.8. The van der Waals surface area contributed by atoms with Gasteiger partial charge in [-0.3, -0.25) is 4.98 Å². The lowest BCUT2D eigenvalue weighted by molar-refractivity contribution is 1.27. The minimum atomic E-state index is 0.798. The lowest BCUT2D eigenvalue weighted by Crippen LogP contribution is -1.99. The zero-order valence-corrected chi connectivity index (χ0v) is 10.4. The van der Waals surface area contributed by atoms with Gasteiger partial charge in [0.05, 0.1) is 17.9 Å². The number of para-hydroxylation sites is 1. The van der Waals surface area contributed by atoms with Crippen molar-refractivity contribution in [2.24, 2.45) is 0 Å². The summed E-state index contributed by atoms with van der Waals surface area (Å²) in [6.45, 7) is 0.798. The summed E-state index contributed by atoms with van der Waals surface area (Å²) in [5, 5.41) is 7.40. The van der Waals surface area contributed by atoms with Gasteiger partial charge in [-0.1, -0.05) is 24.3 Å². The van der Waals surface area contributed by atoms with E-state index in [1.165, 1.54) is 5.39 Å². The number of nitrogens with zero attached hydrogens (tertiary/aromatic N) is 2. The molecule has 0 amide bonds. The third-order valence-electron chi connectivity index (χ3n) is 2.85. The van der Waals surface area contributed by atoms with Crippen molar-refractivity contribution >= 4 is 22.4 Å². The molecule has 3 heterocycles. The number of aromatic nitrogens is 2. The average Bonchev–Trinajstić information content (AvgIpc) is 2.96. The molecule has 1 aliphatic rings. The zero-order valence-electron chi connectivity index (χ0n) is 10.4. The highest BCUT2D eigenvalue weighted by Crippen LogP contribution is 2.20. The predicted octanol–water partition coefficient (Wildman–Crippen LogP) is 3.11. The van der Waals surface area contributed by atoms with E-state index in [4.69, 9.17) is 0 Å². The van der Waals surface area contributed by atoms with Crippen molar-refractivity contribution in [3.05, 3.63) is 60.9 Å². The summed E-state index contributed by atoms with van der Waals surface area (Å²) < 4.78 is 0. The van der Waals surface area contributed by atoms with Crippen LogP contribution >= 0.6 is 0 Å². The summed E-state index contributed by atoms with van der Waals surface area (Å²) in [7, 11) is 0. The highest BCUT2D eigenvalue weighted by atomic mass is 15.2. The molecule has 2 aromatic heterocycles. The standard InChI is InChI=1S/C9H7N.C6H7N3/c1-2-6-9-8(4-1)5-3-7-10-9;1-2-5-6(7-3-1)9-4-8-5/h1-7H;1-3,8H,4H2,(H,7,9). The first-order valence-corrected chi connectivity index (χ1v) is 6.16. The van der Waals surface area contributed by atoms with Crippen LogP contribution in [0.25, 0.3) is 10.9 Å². The van der Waals surface area contributed by atoms with Gasteiger partial charge in [0.1, 0.15) is 0 Å². The van der Waals surface area contributed by atoms with Gasteiger partial charge in [-0.15, -0.1) is 0 Å². The van der Waals surface area contributed by atoms with Crippen LogP contribution < -0.4 is 10.6 Å². The van der Waals surface area contributed by atoms with Gasteiger partial charge >= 0.3 is 0 Å². The van der Waals surface area contributed by atoms with Crippen molar-refractivity contribution in [2.75, 3.05) is 17.3 Å². The predicted molar refractivity (Wildman–Crippen MR) is 78.1 cm³/mol. The van der Waals surface area contributed by atoms with Crippen LogP contribution in [0.5, 0.6) is 0 Å². The molecule has 0 atom stereocenters. The average molecular weight is 250 g/mol. The molecule has 0 aliphatic carbocycles. The summed E-state index contributed by atoms with van der Waals surface area (Å²) >= 11 is 0. The number of rotatable bonds is 0. The second kappa shape index (κ2) is 5.35. The number of nitrogens with one attached hydrogen (secondary N) is 2. The van der Waals surface area contributed by atoms with Gasteiger partial charge in [-0.2, -0.15) is 0 Å². The minimum Gasteiger partial charge on any atom is -0.365 e. The molecule has 0 saturated carbocycles. The van der Waals surface area contributed by atoms with Crippen LogP contribution in [-0.4, -0.2) is 16.6 Å². The molecule has 1 aromatic carbocycles. The third kappa shape index (κ3) is 2.63. The molecule has 94 valence electrons. The van der Waals surface area contributed by atoms with Gasteiger partial charge in [0.2, 0.25) is 0 Å². The Hall–Kier alpha value is -2.62. The van der Waals surface area contributed by atoms with E-state index in [9.17, 15) is 0 Å². The van der Waals surface area contributed by atoms with Crippen LogP contribution in [0.4, 0.5) is 11.5 Å². The van der Waals surface area contributed by atoms with Crippen LogP contribution in [0.2, 0.25) is 0 Å². The number of anilines is 2. The maximum Gasteiger partial charge on any atom is 0.150 e. The van der Waals surface area contributed by atoms with Crippen molar-refractivity contribution in [3.63, 3.8) is 0 Å². The van der Waals surface area contributed by atoms with Gasteiger partial charge in [-0.25, -0.2) is 4.98 Å². The lowest BCUT2D eigenvalue weighted by atomic mass is 10.2. The first-order valence-electron chi connectivity index (χ1n) is 6.16. The van der Waals surface area contributed by atoms with E-state index in [0.717, 1.165) is 23.7 Å². The van der Waals surface area contributed by atoms with Gasteiger partial charge in [0.25, 0.3) is 0 Å². The maximum absolute atomic E-state index is 4.18. The second-order valence-electron chi connectivity index (χ2n) is 4.13. The number of benzene rings is 1. The van der Waals surface area contributed by atoms with Gasteiger partial charge in [-0.05, 0) is 24.3 Å². The molecular formula is C15H14N4.